The van der Waals surface area contributed by atoms with Crippen LogP contribution in [0.5, 0.6) is 0 Å². The summed E-state index contributed by atoms with van der Waals surface area (Å²) in [5, 5.41) is 0. The molecule has 0 amide bonds. The Morgan fingerprint density at radius 3 is 0.965 bits per heavy atom. The molecule has 0 aromatic carbocycles. The van der Waals surface area contributed by atoms with E-state index in [-0.39, 0.29) is 69.5 Å². The number of alkyl halides is 9. The maximum Gasteiger partial charge on any atom is 0.460 e. The summed E-state index contributed by atoms with van der Waals surface area (Å²) in [6.45, 7) is 12.2. The third kappa shape index (κ3) is 32.6. The van der Waals surface area contributed by atoms with Crippen LogP contribution < -0.4 is 0 Å². The molecule has 0 aliphatic rings. The molecule has 0 N–H and O–H groups in total. The minimum Gasteiger partial charge on any atom is -0.465 e. The number of esters is 2. The molecule has 0 saturated heterocycles. The van der Waals surface area contributed by atoms with Gasteiger partial charge in [0.2, 0.25) is 0 Å². The van der Waals surface area contributed by atoms with Gasteiger partial charge in [-0.3, -0.25) is 9.59 Å². The maximum absolute atomic E-state index is 13.0. The number of methoxy groups -OCH3 is 1. The summed E-state index contributed by atoms with van der Waals surface area (Å²) in [4.78, 5) is 22.5. The van der Waals surface area contributed by atoms with Gasteiger partial charge in [0, 0.05) is 7.11 Å². The molecular formula is C37H77F9O11. The molecule has 20 heteroatoms. The molecule has 354 valence electrons. The second-order valence-electron chi connectivity index (χ2n) is 10.7. The van der Waals surface area contributed by atoms with Crippen molar-refractivity contribution < 1.29 is 91.7 Å². The summed E-state index contributed by atoms with van der Waals surface area (Å²) >= 11 is 0. The lowest BCUT2D eigenvalue weighted by atomic mass is 10.0. The highest BCUT2D eigenvalue weighted by molar-refractivity contribution is 5.72. The van der Waals surface area contributed by atoms with Crippen LogP contribution in [0, 0.1) is 11.8 Å². The van der Waals surface area contributed by atoms with Crippen LogP contribution in [-0.4, -0.2) is 142 Å². The number of hydrogen-bond donors (Lipinski definition) is 0. The van der Waals surface area contributed by atoms with Crippen LogP contribution in [0.1, 0.15) is 91.5 Å². The maximum atomic E-state index is 13.0. The van der Waals surface area contributed by atoms with E-state index in [0.717, 1.165) is 6.42 Å². The summed E-state index contributed by atoms with van der Waals surface area (Å²) in [5.74, 6) is -21.4. The molecule has 0 saturated carbocycles. The van der Waals surface area contributed by atoms with Gasteiger partial charge in [-0.2, -0.15) is 39.5 Å². The van der Waals surface area contributed by atoms with E-state index in [2.05, 4.69) is 4.74 Å². The Morgan fingerprint density at radius 2 is 0.702 bits per heavy atom. The average Bonchev–Trinajstić information content (AvgIpc) is 3.07. The van der Waals surface area contributed by atoms with E-state index >= 15 is 0 Å². The number of halogens is 9. The molecule has 0 bridgehead atoms. The van der Waals surface area contributed by atoms with Gasteiger partial charge in [-0.05, 0) is 12.8 Å². The molecule has 0 aliphatic carbocycles. The van der Waals surface area contributed by atoms with Gasteiger partial charge in [0.25, 0.3) is 0 Å². The number of rotatable bonds is 30. The largest absolute Gasteiger partial charge is 0.465 e. The Kier molecular flexibility index (Phi) is 52.0. The van der Waals surface area contributed by atoms with Gasteiger partial charge in [-0.1, -0.05) is 72.3 Å². The summed E-state index contributed by atoms with van der Waals surface area (Å²) < 4.78 is 159. The highest BCUT2D eigenvalue weighted by atomic mass is 19.4. The van der Waals surface area contributed by atoms with Crippen molar-refractivity contribution in [2.24, 2.45) is 11.8 Å². The van der Waals surface area contributed by atoms with E-state index in [0.29, 0.717) is 85.9 Å². The number of carbonyl (C=O) groups is 2. The summed E-state index contributed by atoms with van der Waals surface area (Å²) in [5.41, 5.74) is 0. The van der Waals surface area contributed by atoms with Crippen molar-refractivity contribution in [2.45, 2.75) is 115 Å². The first-order valence-corrected chi connectivity index (χ1v) is 16.3. The van der Waals surface area contributed by atoms with Crippen LogP contribution in [0.15, 0.2) is 0 Å². The Morgan fingerprint density at radius 1 is 0.439 bits per heavy atom. The predicted octanol–water partition coefficient (Wildman–Crippen LogP) is 9.57. The van der Waals surface area contributed by atoms with E-state index in [1.165, 1.54) is 13.8 Å². The average molecular weight is 869 g/mol. The zero-order valence-corrected chi connectivity index (χ0v) is 29.8. The molecule has 2 atom stereocenters. The number of ether oxygens (including phenoxy) is 9. The summed E-state index contributed by atoms with van der Waals surface area (Å²) in [7, 11) is 1.64. The Bertz CT molecular complexity index is 887. The van der Waals surface area contributed by atoms with E-state index < -0.39 is 48.9 Å². The lowest BCUT2D eigenvalue weighted by Crippen LogP contribution is -2.61. The van der Waals surface area contributed by atoms with Gasteiger partial charge in [-0.15, -0.1) is 0 Å². The highest BCUT2D eigenvalue weighted by Crippen LogP contribution is 2.54. The van der Waals surface area contributed by atoms with Crippen molar-refractivity contribution in [2.75, 3.05) is 106 Å². The number of carbonyl (C=O) groups excluding carboxylic acids is 2. The van der Waals surface area contributed by atoms with Gasteiger partial charge < -0.3 is 42.6 Å². The first-order chi connectivity index (χ1) is 23.8. The van der Waals surface area contributed by atoms with Gasteiger partial charge >= 0.3 is 35.9 Å². The van der Waals surface area contributed by atoms with Gasteiger partial charge in [0.05, 0.1) is 111 Å². The van der Waals surface area contributed by atoms with Crippen LogP contribution in [-0.2, 0) is 52.2 Å². The molecule has 0 aromatic heterocycles. The van der Waals surface area contributed by atoms with Crippen molar-refractivity contribution in [1.82, 2.24) is 0 Å². The lowest BCUT2D eigenvalue weighted by Gasteiger charge is -2.33. The topological polar surface area (TPSA) is 117 Å². The van der Waals surface area contributed by atoms with Crippen LogP contribution in [0.2, 0.25) is 0 Å². The molecule has 0 radical (unpaired) electrons. The van der Waals surface area contributed by atoms with E-state index in [4.69, 9.17) is 37.9 Å². The quantitative estimate of drug-likeness (QED) is 0.0391. The molecular weight excluding hydrogens is 791 g/mol. The first-order valence-electron chi connectivity index (χ1n) is 16.3. The third-order valence-corrected chi connectivity index (χ3v) is 6.66. The van der Waals surface area contributed by atoms with Gasteiger partial charge in [-0.25, -0.2) is 0 Å². The normalized spacial score (nSPS) is 12.2. The van der Waals surface area contributed by atoms with E-state index in [1.807, 2.05) is 13.8 Å². The second-order valence-corrected chi connectivity index (χ2v) is 10.7. The van der Waals surface area contributed by atoms with Crippen molar-refractivity contribution in [3.05, 3.63) is 0 Å². The van der Waals surface area contributed by atoms with Crippen molar-refractivity contribution in [1.29, 1.82) is 0 Å². The molecule has 57 heavy (non-hydrogen) atoms. The zero-order valence-electron chi connectivity index (χ0n) is 29.8. The minimum atomic E-state index is -6.93. The molecule has 0 heterocycles. The Hall–Kier alpha value is -1.97. The molecule has 0 aromatic rings. The van der Waals surface area contributed by atoms with Crippen LogP contribution in [0.25, 0.3) is 0 Å². The molecule has 0 rings (SSSR count). The van der Waals surface area contributed by atoms with Gasteiger partial charge in [0.1, 0.15) is 6.61 Å². The Balaban J connectivity index is -0.000000131. The number of hydrogen-bond acceptors (Lipinski definition) is 11. The third-order valence-electron chi connectivity index (χ3n) is 6.66. The fraction of sp³-hybridized carbons (Fsp3) is 0.946. The SMILES string of the molecule is C.C.C.C.C.C.CCC(C)C(=O)OCCC(F)(F)C(F)(F)C(F)(F)C(F)(F)F.CCC(C)C(=O)OCCOCCOCCOCCOCCOCCOCCOC. The standard InChI is InChI=1S/C20H40O9.C11H13F9O2.6CH4/c1-4-19(2)20(21)29-18-17-28-16-15-27-14-13-26-12-11-25-10-9-24-8-7-23-6-5-22-3;1-3-6(2)7(21)22-5-4-8(12,13)9(14,15)10(16,17)11(18,19)20;;;;;;/h19H,4-18H2,1-3H3;6H,3-5H2,1-2H3;6*1H4. The summed E-state index contributed by atoms with van der Waals surface area (Å²) in [6.07, 6.45) is -8.01. The first kappa shape index (κ1) is 72.6. The molecule has 0 aliphatic heterocycles. The van der Waals surface area contributed by atoms with Crippen LogP contribution >= 0.6 is 0 Å². The van der Waals surface area contributed by atoms with Crippen molar-refractivity contribution in [3.8, 4) is 0 Å². The highest BCUT2D eigenvalue weighted by Gasteiger charge is 2.81. The summed E-state index contributed by atoms with van der Waals surface area (Å²) in [6, 6.07) is 0. The molecule has 0 fully saturated rings. The van der Waals surface area contributed by atoms with Crippen molar-refractivity contribution in [3.63, 3.8) is 0 Å². The lowest BCUT2D eigenvalue weighted by molar-refractivity contribution is -0.397. The zero-order chi connectivity index (χ0) is 39.4. The predicted molar refractivity (Wildman–Crippen MR) is 204 cm³/mol. The van der Waals surface area contributed by atoms with Gasteiger partial charge in [0.15, 0.2) is 0 Å². The second kappa shape index (κ2) is 40.8. The van der Waals surface area contributed by atoms with Crippen LogP contribution in [0.3, 0.4) is 0 Å². The molecule has 0 spiro atoms. The van der Waals surface area contributed by atoms with E-state index in [1.54, 1.807) is 7.11 Å². The van der Waals surface area contributed by atoms with Crippen molar-refractivity contribution >= 4 is 11.9 Å². The monoisotopic (exact) mass is 869 g/mol. The molecule has 2 unspecified atom stereocenters. The fourth-order valence-electron chi connectivity index (χ4n) is 3.01. The Labute approximate surface area is 337 Å². The fourth-order valence-corrected chi connectivity index (χ4v) is 3.01. The smallest absolute Gasteiger partial charge is 0.460 e. The minimum absolute atomic E-state index is 0. The molecule has 11 nitrogen and oxygen atoms in total. The van der Waals surface area contributed by atoms with E-state index in [9.17, 15) is 49.1 Å². The van der Waals surface area contributed by atoms with Crippen LogP contribution in [0.4, 0.5) is 39.5 Å².